The molecule has 0 atom stereocenters. The van der Waals surface area contributed by atoms with E-state index in [0.717, 1.165) is 4.68 Å². The Morgan fingerprint density at radius 1 is 1.04 bits per heavy atom. The highest BCUT2D eigenvalue weighted by Crippen LogP contribution is 2.17. The Morgan fingerprint density at radius 2 is 1.77 bits per heavy atom. The average molecular weight is 370 g/mol. The molecule has 0 saturated heterocycles. The largest absolute Gasteiger partial charge is 0.497 e. The lowest BCUT2D eigenvalue weighted by Gasteiger charge is -2.09. The van der Waals surface area contributed by atoms with Gasteiger partial charge in [-0.25, -0.2) is 4.68 Å². The predicted molar refractivity (Wildman–Crippen MR) is 99.9 cm³/mol. The second-order valence-electron chi connectivity index (χ2n) is 5.67. The Labute approximate surface area is 150 Å². The van der Waals surface area contributed by atoms with Gasteiger partial charge in [0, 0.05) is 10.4 Å². The van der Waals surface area contributed by atoms with Crippen LogP contribution in [0.15, 0.2) is 56.8 Å². The number of nitrogens with zero attached hydrogens (tertiary/aromatic N) is 1. The summed E-state index contributed by atoms with van der Waals surface area (Å²) in [5, 5.41) is 2.97. The maximum atomic E-state index is 12.9. The molecular formula is C18H12ClN3O4. The second kappa shape index (κ2) is 5.89. The molecule has 4 rings (SSSR count). The summed E-state index contributed by atoms with van der Waals surface area (Å²) in [5.41, 5.74) is -1.02. The van der Waals surface area contributed by atoms with Crippen molar-refractivity contribution < 1.29 is 4.74 Å². The Morgan fingerprint density at radius 3 is 2.46 bits per heavy atom. The van der Waals surface area contributed by atoms with Crippen LogP contribution in [0.2, 0.25) is 5.02 Å². The number of H-pyrrole nitrogens is 2. The minimum Gasteiger partial charge on any atom is -0.497 e. The molecule has 0 saturated carbocycles. The minimum atomic E-state index is -0.622. The van der Waals surface area contributed by atoms with Gasteiger partial charge in [0.1, 0.15) is 16.7 Å². The summed E-state index contributed by atoms with van der Waals surface area (Å²) in [4.78, 5) is 41.0. The van der Waals surface area contributed by atoms with E-state index in [0.29, 0.717) is 22.0 Å². The van der Waals surface area contributed by atoms with Crippen LogP contribution in [0.1, 0.15) is 0 Å². The van der Waals surface area contributed by atoms with Crippen molar-refractivity contribution in [3.05, 3.63) is 78.4 Å². The fraction of sp³-hybridized carbons (Fsp3) is 0.0556. The summed E-state index contributed by atoms with van der Waals surface area (Å²) < 4.78 is 6.12. The van der Waals surface area contributed by atoms with Crippen LogP contribution in [0.3, 0.4) is 0 Å². The highest BCUT2D eigenvalue weighted by atomic mass is 35.5. The predicted octanol–water partition coefficient (Wildman–Crippen LogP) is 2.18. The molecule has 2 aromatic carbocycles. The van der Waals surface area contributed by atoms with E-state index < -0.39 is 16.5 Å². The van der Waals surface area contributed by atoms with Gasteiger partial charge in [-0.3, -0.25) is 19.5 Å². The molecule has 26 heavy (non-hydrogen) atoms. The van der Waals surface area contributed by atoms with Crippen LogP contribution >= 0.6 is 11.6 Å². The third-order valence-electron chi connectivity index (χ3n) is 4.15. The molecule has 2 aromatic heterocycles. The topological polar surface area (TPSA) is 96.9 Å². The molecule has 0 aliphatic rings. The molecule has 2 heterocycles. The maximum absolute atomic E-state index is 12.9. The number of ether oxygens (including phenoxy) is 1. The fourth-order valence-electron chi connectivity index (χ4n) is 2.87. The fourth-order valence-corrected chi connectivity index (χ4v) is 3.04. The first-order valence-corrected chi connectivity index (χ1v) is 8.02. The molecule has 0 amide bonds. The molecule has 0 aliphatic carbocycles. The van der Waals surface area contributed by atoms with Gasteiger partial charge in [-0.1, -0.05) is 11.6 Å². The number of hydrogen-bond donors (Lipinski definition) is 2. The molecule has 0 fully saturated rings. The highest BCUT2D eigenvalue weighted by Gasteiger charge is 2.15. The smallest absolute Gasteiger partial charge is 0.287 e. The summed E-state index contributed by atoms with van der Waals surface area (Å²) >= 11 is 5.94. The van der Waals surface area contributed by atoms with E-state index in [1.807, 2.05) is 0 Å². The third kappa shape index (κ3) is 2.41. The standard InChI is InChI=1S/C18H12ClN3O4/c1-26-11-5-3-10(4-6-11)22-18(25)14-15(17(24)21-22)20-13-8-9(19)2-7-12(13)16(14)23/h2-8H,1H3,(H,20,23)(H,21,24). The van der Waals surface area contributed by atoms with Crippen LogP contribution in [0.5, 0.6) is 5.75 Å². The van der Waals surface area contributed by atoms with Gasteiger partial charge in [-0.05, 0) is 42.5 Å². The van der Waals surface area contributed by atoms with Gasteiger partial charge >= 0.3 is 0 Å². The molecule has 8 heteroatoms. The van der Waals surface area contributed by atoms with Crippen LogP contribution < -0.4 is 21.3 Å². The van der Waals surface area contributed by atoms with Gasteiger partial charge < -0.3 is 9.72 Å². The maximum Gasteiger partial charge on any atom is 0.287 e. The summed E-state index contributed by atoms with van der Waals surface area (Å²) in [6.45, 7) is 0. The van der Waals surface area contributed by atoms with Crippen LogP contribution in [0.4, 0.5) is 0 Å². The molecule has 0 aliphatic heterocycles. The monoisotopic (exact) mass is 369 g/mol. The van der Waals surface area contributed by atoms with Crippen molar-refractivity contribution in [2.45, 2.75) is 0 Å². The van der Waals surface area contributed by atoms with Crippen molar-refractivity contribution >= 4 is 33.4 Å². The summed E-state index contributed by atoms with van der Waals surface area (Å²) in [7, 11) is 1.52. The zero-order chi connectivity index (χ0) is 18.4. The number of aromatic nitrogens is 3. The number of rotatable bonds is 2. The first kappa shape index (κ1) is 16.2. The van der Waals surface area contributed by atoms with Gasteiger partial charge in [-0.15, -0.1) is 0 Å². The van der Waals surface area contributed by atoms with Gasteiger partial charge in [0.15, 0.2) is 0 Å². The Bertz CT molecular complexity index is 1330. The molecule has 4 aromatic rings. The molecule has 0 bridgehead atoms. The Balaban J connectivity index is 2.10. The SMILES string of the molecule is COc1ccc(-n2[nH]c(=O)c3[nH]c4cc(Cl)ccc4c(=O)c3c2=O)cc1. The molecular weight excluding hydrogens is 358 g/mol. The van der Waals surface area contributed by atoms with Crippen LogP contribution in [-0.2, 0) is 0 Å². The van der Waals surface area contributed by atoms with Crippen LogP contribution in [-0.4, -0.2) is 21.9 Å². The van der Waals surface area contributed by atoms with Crippen molar-refractivity contribution in [3.8, 4) is 11.4 Å². The average Bonchev–Trinajstić information content (AvgIpc) is 2.64. The number of nitrogens with one attached hydrogen (secondary N) is 2. The summed E-state index contributed by atoms with van der Waals surface area (Å²) in [6, 6.07) is 11.1. The van der Waals surface area contributed by atoms with E-state index in [4.69, 9.17) is 16.3 Å². The molecule has 0 unspecified atom stereocenters. The van der Waals surface area contributed by atoms with Gasteiger partial charge in [0.2, 0.25) is 5.43 Å². The van der Waals surface area contributed by atoms with Gasteiger partial charge in [0.25, 0.3) is 11.1 Å². The van der Waals surface area contributed by atoms with Crippen molar-refractivity contribution in [2.75, 3.05) is 7.11 Å². The van der Waals surface area contributed by atoms with E-state index in [1.165, 1.54) is 19.2 Å². The summed E-state index contributed by atoms with van der Waals surface area (Å²) in [6.07, 6.45) is 0. The quantitative estimate of drug-likeness (QED) is 0.529. The number of fused-ring (bicyclic) bond motifs is 2. The lowest BCUT2D eigenvalue weighted by molar-refractivity contribution is 0.414. The van der Waals surface area contributed by atoms with E-state index in [2.05, 4.69) is 10.1 Å². The Kier molecular flexibility index (Phi) is 3.66. The first-order valence-electron chi connectivity index (χ1n) is 7.64. The molecule has 0 spiro atoms. The van der Waals surface area contributed by atoms with Gasteiger partial charge in [0.05, 0.1) is 18.3 Å². The van der Waals surface area contributed by atoms with Gasteiger partial charge in [-0.2, -0.15) is 0 Å². The molecule has 130 valence electrons. The van der Waals surface area contributed by atoms with Crippen molar-refractivity contribution in [1.29, 1.82) is 0 Å². The summed E-state index contributed by atoms with van der Waals surface area (Å²) in [5.74, 6) is 0.602. The normalized spacial score (nSPS) is 11.2. The van der Waals surface area contributed by atoms with Crippen molar-refractivity contribution in [2.24, 2.45) is 0 Å². The zero-order valence-corrected chi connectivity index (χ0v) is 14.3. The zero-order valence-electron chi connectivity index (χ0n) is 13.5. The first-order chi connectivity index (χ1) is 12.5. The highest BCUT2D eigenvalue weighted by molar-refractivity contribution is 6.31. The molecule has 0 radical (unpaired) electrons. The Hall–Kier alpha value is -3.32. The number of methoxy groups -OCH3 is 1. The number of benzene rings is 2. The minimum absolute atomic E-state index is 0.0838. The third-order valence-corrected chi connectivity index (χ3v) is 4.39. The lowest BCUT2D eigenvalue weighted by atomic mass is 10.1. The van der Waals surface area contributed by atoms with E-state index in [9.17, 15) is 14.4 Å². The number of halogens is 1. The molecule has 2 N–H and O–H groups in total. The number of hydrogen-bond acceptors (Lipinski definition) is 4. The lowest BCUT2D eigenvalue weighted by Crippen LogP contribution is -2.32. The van der Waals surface area contributed by atoms with E-state index >= 15 is 0 Å². The van der Waals surface area contributed by atoms with E-state index in [1.54, 1.807) is 30.3 Å². The second-order valence-corrected chi connectivity index (χ2v) is 6.11. The van der Waals surface area contributed by atoms with Crippen molar-refractivity contribution in [3.63, 3.8) is 0 Å². The number of aromatic amines is 2. The molecule has 7 nitrogen and oxygen atoms in total. The van der Waals surface area contributed by atoms with Crippen LogP contribution in [0, 0.1) is 0 Å². The van der Waals surface area contributed by atoms with Crippen molar-refractivity contribution in [1.82, 2.24) is 14.8 Å². The number of pyridine rings is 1. The van der Waals surface area contributed by atoms with Crippen LogP contribution in [0.25, 0.3) is 27.5 Å². The van der Waals surface area contributed by atoms with E-state index in [-0.39, 0.29) is 16.3 Å².